The first-order chi connectivity index (χ1) is 9.65. The van der Waals surface area contributed by atoms with Gasteiger partial charge in [-0.15, -0.1) is 0 Å². The number of rotatable bonds is 6. The van der Waals surface area contributed by atoms with Gasteiger partial charge in [-0.25, -0.2) is 0 Å². The Morgan fingerprint density at radius 2 is 2.10 bits per heavy atom. The van der Waals surface area contributed by atoms with Gasteiger partial charge >= 0.3 is 0 Å². The molecule has 1 aromatic heterocycles. The minimum absolute atomic E-state index is 0.169. The molecule has 0 saturated heterocycles. The van der Waals surface area contributed by atoms with E-state index < -0.39 is 0 Å². The van der Waals surface area contributed by atoms with Gasteiger partial charge in [0.1, 0.15) is 0 Å². The molecule has 0 spiro atoms. The zero-order chi connectivity index (χ0) is 14.4. The van der Waals surface area contributed by atoms with E-state index in [-0.39, 0.29) is 12.5 Å². The second-order valence-corrected chi connectivity index (χ2v) is 4.35. The summed E-state index contributed by atoms with van der Waals surface area (Å²) >= 11 is 0. The molecule has 1 aromatic carbocycles. The van der Waals surface area contributed by atoms with Crippen LogP contribution >= 0.6 is 0 Å². The molecule has 0 saturated carbocycles. The number of hydrogen-bond acceptors (Lipinski definition) is 4. The second kappa shape index (κ2) is 6.47. The molecule has 0 radical (unpaired) electrons. The van der Waals surface area contributed by atoms with Crippen molar-refractivity contribution < 1.29 is 9.21 Å². The van der Waals surface area contributed by atoms with E-state index in [1.54, 1.807) is 18.4 Å². The number of hydrazine groups is 1. The average Bonchev–Trinajstić information content (AvgIpc) is 2.97. The highest BCUT2D eigenvalue weighted by Gasteiger charge is 2.04. The Hall–Kier alpha value is -2.69. The molecule has 2 rings (SSSR count). The Morgan fingerprint density at radius 3 is 2.80 bits per heavy atom. The van der Waals surface area contributed by atoms with E-state index in [1.165, 1.54) is 0 Å². The largest absolute Gasteiger partial charge is 0.463 e. The predicted octanol–water partition coefficient (Wildman–Crippen LogP) is 2.29. The van der Waals surface area contributed by atoms with Crippen molar-refractivity contribution in [3.63, 3.8) is 0 Å². The zero-order valence-electron chi connectivity index (χ0n) is 11.3. The SMILES string of the molecule is C=C(NNC(=O)CNc1cccc(C)c1)c1ccco1. The Labute approximate surface area is 117 Å². The quantitative estimate of drug-likeness (QED) is 0.705. The van der Waals surface area contributed by atoms with E-state index in [9.17, 15) is 4.79 Å². The maximum atomic E-state index is 11.7. The molecule has 0 aliphatic heterocycles. The average molecular weight is 271 g/mol. The number of benzene rings is 1. The molecule has 0 aliphatic rings. The number of carbonyl (C=O) groups is 1. The summed E-state index contributed by atoms with van der Waals surface area (Å²) in [4.78, 5) is 11.7. The van der Waals surface area contributed by atoms with Gasteiger partial charge < -0.3 is 9.73 Å². The third kappa shape index (κ3) is 3.91. The summed E-state index contributed by atoms with van der Waals surface area (Å²) in [7, 11) is 0. The Morgan fingerprint density at radius 1 is 1.25 bits per heavy atom. The number of amides is 1. The van der Waals surface area contributed by atoms with Crippen LogP contribution in [0.4, 0.5) is 5.69 Å². The molecular formula is C15H17N3O2. The predicted molar refractivity (Wildman–Crippen MR) is 78.7 cm³/mol. The summed E-state index contributed by atoms with van der Waals surface area (Å²) in [6, 6.07) is 11.3. The van der Waals surface area contributed by atoms with Gasteiger partial charge in [0.15, 0.2) is 5.76 Å². The smallest absolute Gasteiger partial charge is 0.257 e. The summed E-state index contributed by atoms with van der Waals surface area (Å²) in [5.41, 5.74) is 7.79. The molecule has 0 bridgehead atoms. The summed E-state index contributed by atoms with van der Waals surface area (Å²) in [5, 5.41) is 3.04. The molecule has 5 nitrogen and oxygen atoms in total. The molecule has 0 aliphatic carbocycles. The van der Waals surface area contributed by atoms with E-state index >= 15 is 0 Å². The van der Waals surface area contributed by atoms with Gasteiger partial charge in [0.25, 0.3) is 5.91 Å². The van der Waals surface area contributed by atoms with Gasteiger partial charge in [0.2, 0.25) is 0 Å². The lowest BCUT2D eigenvalue weighted by molar-refractivity contribution is -0.120. The van der Waals surface area contributed by atoms with Crippen molar-refractivity contribution >= 4 is 17.3 Å². The Balaban J connectivity index is 1.74. The van der Waals surface area contributed by atoms with E-state index in [0.717, 1.165) is 11.3 Å². The van der Waals surface area contributed by atoms with Crippen molar-refractivity contribution in [2.75, 3.05) is 11.9 Å². The minimum atomic E-state index is -0.195. The van der Waals surface area contributed by atoms with Crippen LogP contribution in [0.15, 0.2) is 53.7 Å². The lowest BCUT2D eigenvalue weighted by atomic mass is 10.2. The Kier molecular flexibility index (Phi) is 4.44. The van der Waals surface area contributed by atoms with Crippen molar-refractivity contribution in [2.24, 2.45) is 0 Å². The molecule has 20 heavy (non-hydrogen) atoms. The third-order valence-electron chi connectivity index (χ3n) is 2.64. The number of carbonyl (C=O) groups excluding carboxylic acids is 1. The summed E-state index contributed by atoms with van der Waals surface area (Å²) in [6.07, 6.45) is 1.54. The summed E-state index contributed by atoms with van der Waals surface area (Å²) in [5.74, 6) is 0.385. The van der Waals surface area contributed by atoms with E-state index in [0.29, 0.717) is 11.5 Å². The molecule has 3 N–H and O–H groups in total. The van der Waals surface area contributed by atoms with Crippen LogP contribution in [-0.2, 0) is 4.79 Å². The maximum Gasteiger partial charge on any atom is 0.257 e. The first-order valence-electron chi connectivity index (χ1n) is 6.23. The van der Waals surface area contributed by atoms with Gasteiger partial charge in [-0.2, -0.15) is 0 Å². The minimum Gasteiger partial charge on any atom is -0.463 e. The molecule has 5 heteroatoms. The third-order valence-corrected chi connectivity index (χ3v) is 2.64. The topological polar surface area (TPSA) is 66.3 Å². The molecule has 0 atom stereocenters. The second-order valence-electron chi connectivity index (χ2n) is 4.35. The van der Waals surface area contributed by atoms with Crippen LogP contribution in [0.1, 0.15) is 11.3 Å². The molecular weight excluding hydrogens is 254 g/mol. The molecule has 0 unspecified atom stereocenters. The van der Waals surface area contributed by atoms with Crippen LogP contribution in [0.25, 0.3) is 5.70 Å². The first kappa shape index (κ1) is 13.7. The van der Waals surface area contributed by atoms with Gasteiger partial charge in [0.05, 0.1) is 18.5 Å². The van der Waals surface area contributed by atoms with Crippen LogP contribution < -0.4 is 16.2 Å². The first-order valence-corrected chi connectivity index (χ1v) is 6.23. The maximum absolute atomic E-state index is 11.7. The van der Waals surface area contributed by atoms with Crippen LogP contribution in [-0.4, -0.2) is 12.5 Å². The summed E-state index contributed by atoms with van der Waals surface area (Å²) in [6.45, 7) is 5.93. The molecule has 1 amide bonds. The fourth-order valence-corrected chi connectivity index (χ4v) is 1.64. The normalized spacial score (nSPS) is 9.85. The van der Waals surface area contributed by atoms with Gasteiger partial charge in [0, 0.05) is 5.69 Å². The zero-order valence-corrected chi connectivity index (χ0v) is 11.3. The van der Waals surface area contributed by atoms with Crippen LogP contribution in [0.2, 0.25) is 0 Å². The van der Waals surface area contributed by atoms with Crippen molar-refractivity contribution in [3.8, 4) is 0 Å². The summed E-state index contributed by atoms with van der Waals surface area (Å²) < 4.78 is 5.14. The lowest BCUT2D eigenvalue weighted by Crippen LogP contribution is -2.39. The van der Waals surface area contributed by atoms with E-state index in [2.05, 4.69) is 22.7 Å². The van der Waals surface area contributed by atoms with Crippen LogP contribution in [0.3, 0.4) is 0 Å². The number of aryl methyl sites for hydroxylation is 1. The fraction of sp³-hybridized carbons (Fsp3) is 0.133. The lowest BCUT2D eigenvalue weighted by Gasteiger charge is -2.10. The molecule has 104 valence electrons. The van der Waals surface area contributed by atoms with E-state index in [1.807, 2.05) is 31.2 Å². The number of hydrogen-bond donors (Lipinski definition) is 3. The van der Waals surface area contributed by atoms with Crippen LogP contribution in [0.5, 0.6) is 0 Å². The van der Waals surface area contributed by atoms with Crippen molar-refractivity contribution in [1.29, 1.82) is 0 Å². The highest BCUT2D eigenvalue weighted by atomic mass is 16.3. The fourth-order valence-electron chi connectivity index (χ4n) is 1.64. The van der Waals surface area contributed by atoms with Crippen molar-refractivity contribution in [2.45, 2.75) is 6.92 Å². The molecule has 0 fully saturated rings. The monoisotopic (exact) mass is 271 g/mol. The van der Waals surface area contributed by atoms with Crippen molar-refractivity contribution in [3.05, 3.63) is 60.6 Å². The van der Waals surface area contributed by atoms with Crippen LogP contribution in [0, 0.1) is 6.92 Å². The Bertz CT molecular complexity index is 591. The highest BCUT2D eigenvalue weighted by molar-refractivity contribution is 5.81. The van der Waals surface area contributed by atoms with Gasteiger partial charge in [-0.3, -0.25) is 15.6 Å². The number of anilines is 1. The number of nitrogens with one attached hydrogen (secondary N) is 3. The standard InChI is InChI=1S/C15H17N3O2/c1-11-5-3-6-13(9-11)16-10-15(19)18-17-12(2)14-7-4-8-20-14/h3-9,16-17H,2,10H2,1H3,(H,18,19). The van der Waals surface area contributed by atoms with E-state index in [4.69, 9.17) is 4.42 Å². The highest BCUT2D eigenvalue weighted by Crippen LogP contribution is 2.09. The van der Waals surface area contributed by atoms with Crippen molar-refractivity contribution in [1.82, 2.24) is 10.9 Å². The number of furan rings is 1. The van der Waals surface area contributed by atoms with Gasteiger partial charge in [-0.1, -0.05) is 18.7 Å². The molecule has 1 heterocycles. The van der Waals surface area contributed by atoms with Gasteiger partial charge in [-0.05, 0) is 36.8 Å². The molecule has 2 aromatic rings.